The zero-order valence-corrected chi connectivity index (χ0v) is 7.11. The van der Waals surface area contributed by atoms with E-state index in [1.807, 2.05) is 6.92 Å². The minimum absolute atomic E-state index is 0.243. The Morgan fingerprint density at radius 1 is 1.54 bits per heavy atom. The molecule has 0 aromatic carbocycles. The Balaban J connectivity index is 2.93. The molecule has 2 rings (SSSR count). The summed E-state index contributed by atoms with van der Waals surface area (Å²) in [6, 6.07) is 0. The van der Waals surface area contributed by atoms with Gasteiger partial charge in [-0.2, -0.15) is 5.10 Å². The van der Waals surface area contributed by atoms with E-state index in [1.165, 1.54) is 12.5 Å². The molecule has 2 aromatic heterocycles. The summed E-state index contributed by atoms with van der Waals surface area (Å²) in [4.78, 5) is 19.1. The van der Waals surface area contributed by atoms with E-state index in [9.17, 15) is 4.79 Å². The Morgan fingerprint density at radius 2 is 2.38 bits per heavy atom. The Hall–Kier alpha value is -1.78. The number of aromatic nitrogens is 4. The van der Waals surface area contributed by atoms with Gasteiger partial charge in [-0.15, -0.1) is 0 Å². The first-order valence-electron chi connectivity index (χ1n) is 4.00. The Bertz CT molecular complexity index is 491. The molecule has 0 unspecified atom stereocenters. The van der Waals surface area contributed by atoms with Crippen LogP contribution in [0.3, 0.4) is 0 Å². The van der Waals surface area contributed by atoms with E-state index >= 15 is 0 Å². The lowest BCUT2D eigenvalue weighted by Gasteiger charge is -1.98. The lowest BCUT2D eigenvalue weighted by Crippen LogP contribution is -2.11. The van der Waals surface area contributed by atoms with E-state index in [4.69, 9.17) is 0 Å². The second-order valence-electron chi connectivity index (χ2n) is 2.64. The van der Waals surface area contributed by atoms with Crippen LogP contribution in [0, 0.1) is 0 Å². The summed E-state index contributed by atoms with van der Waals surface area (Å²) in [6.07, 6.45) is 3.66. The maximum absolute atomic E-state index is 11.2. The van der Waals surface area contributed by atoms with Gasteiger partial charge in [0.1, 0.15) is 11.8 Å². The number of hydrogen-bond donors (Lipinski definition) is 1. The molecule has 0 atom stereocenters. The van der Waals surface area contributed by atoms with E-state index in [1.54, 1.807) is 0 Å². The highest BCUT2D eigenvalue weighted by Crippen LogP contribution is 2.07. The first kappa shape index (κ1) is 7.85. The summed E-state index contributed by atoms with van der Waals surface area (Å²) in [5.74, 6) is 0. The van der Waals surface area contributed by atoms with Gasteiger partial charge in [-0.1, -0.05) is 6.92 Å². The van der Waals surface area contributed by atoms with Crippen molar-refractivity contribution in [3.63, 3.8) is 0 Å². The number of aryl methyl sites for hydroxylation is 1. The molecule has 0 bridgehead atoms. The highest BCUT2D eigenvalue weighted by atomic mass is 16.1. The largest absolute Gasteiger partial charge is 0.275 e. The van der Waals surface area contributed by atoms with Crippen molar-refractivity contribution in [1.29, 1.82) is 0 Å². The van der Waals surface area contributed by atoms with Gasteiger partial charge in [0.2, 0.25) is 0 Å². The predicted octanol–water partition coefficient (Wildman–Crippen LogP) is 0.276. The summed E-state index contributed by atoms with van der Waals surface area (Å²) < 4.78 is 0. The van der Waals surface area contributed by atoms with E-state index in [0.717, 1.165) is 12.1 Å². The van der Waals surface area contributed by atoms with Gasteiger partial charge in [0.15, 0.2) is 0 Å². The van der Waals surface area contributed by atoms with E-state index in [2.05, 4.69) is 20.2 Å². The van der Waals surface area contributed by atoms with Gasteiger partial charge in [-0.25, -0.2) is 15.1 Å². The quantitative estimate of drug-likeness (QED) is 0.677. The number of rotatable bonds is 1. The molecule has 13 heavy (non-hydrogen) atoms. The number of H-pyrrole nitrogens is 1. The van der Waals surface area contributed by atoms with Crippen LogP contribution in [-0.2, 0) is 6.42 Å². The highest BCUT2D eigenvalue weighted by molar-refractivity contribution is 5.77. The molecular weight excluding hydrogens is 168 g/mol. The molecule has 0 aliphatic carbocycles. The molecule has 5 nitrogen and oxygen atoms in total. The minimum atomic E-state index is -0.243. The standard InChI is InChI=1S/C8H8N4O/c1-2-6-7-5(3-9-4-10-7)8(13)12-11-6/h3-4H,2H2,1H3,(H,12,13). The molecule has 2 aromatic rings. The number of nitrogens with zero attached hydrogens (tertiary/aromatic N) is 3. The molecule has 0 saturated carbocycles. The first-order chi connectivity index (χ1) is 6.33. The maximum Gasteiger partial charge on any atom is 0.275 e. The smallest absolute Gasteiger partial charge is 0.267 e. The van der Waals surface area contributed by atoms with Gasteiger partial charge >= 0.3 is 0 Å². The Morgan fingerprint density at radius 3 is 3.15 bits per heavy atom. The van der Waals surface area contributed by atoms with Crippen LogP contribution >= 0.6 is 0 Å². The lowest BCUT2D eigenvalue weighted by atomic mass is 10.2. The van der Waals surface area contributed by atoms with Gasteiger partial charge in [0.05, 0.1) is 11.1 Å². The van der Waals surface area contributed by atoms with E-state index in [-0.39, 0.29) is 5.56 Å². The fraction of sp³-hybridized carbons (Fsp3) is 0.250. The number of fused-ring (bicyclic) bond motifs is 1. The first-order valence-corrected chi connectivity index (χ1v) is 4.00. The summed E-state index contributed by atoms with van der Waals surface area (Å²) in [6.45, 7) is 1.96. The van der Waals surface area contributed by atoms with Crippen LogP contribution in [0.25, 0.3) is 10.9 Å². The molecule has 0 spiro atoms. The van der Waals surface area contributed by atoms with Gasteiger partial charge in [-0.3, -0.25) is 4.79 Å². The molecular formula is C8H8N4O. The van der Waals surface area contributed by atoms with Gasteiger partial charge in [0.25, 0.3) is 5.56 Å². The minimum Gasteiger partial charge on any atom is -0.267 e. The van der Waals surface area contributed by atoms with Gasteiger partial charge in [-0.05, 0) is 6.42 Å². The number of hydrogen-bond acceptors (Lipinski definition) is 4. The third kappa shape index (κ3) is 1.18. The normalized spacial score (nSPS) is 10.5. The van der Waals surface area contributed by atoms with Crippen LogP contribution in [0.15, 0.2) is 17.3 Å². The predicted molar refractivity (Wildman–Crippen MR) is 47.3 cm³/mol. The van der Waals surface area contributed by atoms with Crippen molar-refractivity contribution in [3.05, 3.63) is 28.6 Å². The van der Waals surface area contributed by atoms with Crippen LogP contribution in [0.5, 0.6) is 0 Å². The van der Waals surface area contributed by atoms with Crippen molar-refractivity contribution in [2.45, 2.75) is 13.3 Å². The average Bonchev–Trinajstić information content (AvgIpc) is 2.19. The molecule has 2 heterocycles. The molecule has 1 N–H and O–H groups in total. The van der Waals surface area contributed by atoms with E-state index < -0.39 is 0 Å². The summed E-state index contributed by atoms with van der Waals surface area (Å²) >= 11 is 0. The topological polar surface area (TPSA) is 71.5 Å². The molecule has 0 radical (unpaired) electrons. The zero-order chi connectivity index (χ0) is 9.26. The third-order valence-electron chi connectivity index (χ3n) is 1.86. The zero-order valence-electron chi connectivity index (χ0n) is 7.11. The summed E-state index contributed by atoms with van der Waals surface area (Å²) in [5, 5.41) is 6.80. The summed E-state index contributed by atoms with van der Waals surface area (Å²) in [7, 11) is 0. The maximum atomic E-state index is 11.2. The Labute approximate surface area is 73.9 Å². The molecule has 66 valence electrons. The van der Waals surface area contributed by atoms with Crippen molar-refractivity contribution in [2.75, 3.05) is 0 Å². The molecule has 0 amide bonds. The van der Waals surface area contributed by atoms with Crippen LogP contribution in [-0.4, -0.2) is 20.2 Å². The van der Waals surface area contributed by atoms with Crippen LogP contribution in [0.2, 0.25) is 0 Å². The fourth-order valence-corrected chi connectivity index (χ4v) is 1.20. The lowest BCUT2D eigenvalue weighted by molar-refractivity contribution is 0.909. The molecule has 0 aliphatic rings. The van der Waals surface area contributed by atoms with Crippen molar-refractivity contribution >= 4 is 10.9 Å². The fourth-order valence-electron chi connectivity index (χ4n) is 1.20. The molecule has 5 heteroatoms. The van der Waals surface area contributed by atoms with Crippen molar-refractivity contribution < 1.29 is 0 Å². The number of aromatic amines is 1. The molecule has 0 aliphatic heterocycles. The molecule has 0 saturated heterocycles. The SMILES string of the molecule is CCc1n[nH]c(=O)c2cncnc12. The van der Waals surface area contributed by atoms with Crippen molar-refractivity contribution in [2.24, 2.45) is 0 Å². The third-order valence-corrected chi connectivity index (χ3v) is 1.86. The highest BCUT2D eigenvalue weighted by Gasteiger charge is 2.04. The Kier molecular flexibility index (Phi) is 1.77. The molecule has 0 fully saturated rings. The van der Waals surface area contributed by atoms with Crippen molar-refractivity contribution in [3.8, 4) is 0 Å². The second-order valence-corrected chi connectivity index (χ2v) is 2.64. The van der Waals surface area contributed by atoms with E-state index in [0.29, 0.717) is 10.9 Å². The number of nitrogens with one attached hydrogen (secondary N) is 1. The van der Waals surface area contributed by atoms with Crippen LogP contribution in [0.4, 0.5) is 0 Å². The second kappa shape index (κ2) is 2.93. The monoisotopic (exact) mass is 176 g/mol. The van der Waals surface area contributed by atoms with Gasteiger partial charge < -0.3 is 0 Å². The van der Waals surface area contributed by atoms with Crippen molar-refractivity contribution in [1.82, 2.24) is 20.2 Å². The summed E-state index contributed by atoms with van der Waals surface area (Å²) in [5.41, 5.74) is 1.19. The average molecular weight is 176 g/mol. The van der Waals surface area contributed by atoms with Crippen LogP contribution < -0.4 is 5.56 Å². The van der Waals surface area contributed by atoms with Gasteiger partial charge in [0, 0.05) is 6.20 Å². The van der Waals surface area contributed by atoms with Crippen LogP contribution in [0.1, 0.15) is 12.6 Å².